The summed E-state index contributed by atoms with van der Waals surface area (Å²) in [7, 11) is 0. The van der Waals surface area contributed by atoms with Crippen LogP contribution in [0.2, 0.25) is 0 Å². The van der Waals surface area contributed by atoms with Crippen LogP contribution in [0.5, 0.6) is 0 Å². The number of carboxylic acids is 1. The zero-order chi connectivity index (χ0) is 19.8. The Balaban J connectivity index is 5.10. The van der Waals surface area contributed by atoms with Crippen LogP contribution in [0.3, 0.4) is 0 Å². The molecule has 0 aromatic heterocycles. The summed E-state index contributed by atoms with van der Waals surface area (Å²) in [5, 5.41) is 20.1. The Labute approximate surface area is 161 Å². The molecule has 4 heteroatoms. The van der Waals surface area contributed by atoms with E-state index in [-0.39, 0.29) is 12.0 Å². The minimum atomic E-state index is -0.723. The van der Waals surface area contributed by atoms with Gasteiger partial charge in [-0.3, -0.25) is 4.79 Å². The number of quaternary nitrogens is 1. The van der Waals surface area contributed by atoms with Crippen molar-refractivity contribution in [3.63, 3.8) is 0 Å². The third-order valence-corrected chi connectivity index (χ3v) is 5.22. The molecule has 0 heterocycles. The van der Waals surface area contributed by atoms with Crippen molar-refractivity contribution >= 4 is 5.97 Å². The zero-order valence-corrected chi connectivity index (χ0v) is 17.8. The van der Waals surface area contributed by atoms with E-state index in [1.807, 2.05) is 6.92 Å². The van der Waals surface area contributed by atoms with Gasteiger partial charge in [0.15, 0.2) is 0 Å². The Hall–Kier alpha value is -0.870. The maximum absolute atomic E-state index is 11.5. The Morgan fingerprint density at radius 2 is 1.54 bits per heavy atom. The second kappa shape index (κ2) is 15.2. The van der Waals surface area contributed by atoms with Crippen molar-refractivity contribution in [3.8, 4) is 0 Å². The number of unbranched alkanes of at least 4 members (excludes halogenated alkanes) is 4. The van der Waals surface area contributed by atoms with Gasteiger partial charge in [-0.15, -0.1) is 0 Å². The first kappa shape index (κ1) is 25.1. The van der Waals surface area contributed by atoms with Crippen LogP contribution in [0.15, 0.2) is 12.2 Å². The van der Waals surface area contributed by atoms with Crippen LogP contribution in [0.25, 0.3) is 0 Å². The minimum absolute atomic E-state index is 0.360. The Bertz CT molecular complexity index is 372. The van der Waals surface area contributed by atoms with Gasteiger partial charge in [0.2, 0.25) is 0 Å². The van der Waals surface area contributed by atoms with Gasteiger partial charge in [0.1, 0.15) is 18.6 Å². The van der Waals surface area contributed by atoms with Crippen LogP contribution in [0, 0.1) is 5.92 Å². The normalized spacial score (nSPS) is 14.7. The van der Waals surface area contributed by atoms with Crippen LogP contribution in [0.1, 0.15) is 85.5 Å². The molecule has 0 saturated carbocycles. The first-order chi connectivity index (χ1) is 12.4. The molecule has 154 valence electrons. The predicted octanol–water partition coefficient (Wildman–Crippen LogP) is 5.01. The maximum atomic E-state index is 11.5. The SMILES string of the molecule is CC/C=C/CCC(O)C[N+](CCCCC)(CCCCC)CC(C)C(=O)O. The lowest BCUT2D eigenvalue weighted by Crippen LogP contribution is -2.56. The van der Waals surface area contributed by atoms with E-state index in [2.05, 4.69) is 32.9 Å². The van der Waals surface area contributed by atoms with Crippen LogP contribution in [-0.2, 0) is 4.79 Å². The molecule has 0 aliphatic carbocycles. The highest BCUT2D eigenvalue weighted by Gasteiger charge is 2.33. The topological polar surface area (TPSA) is 57.5 Å². The molecule has 0 rings (SSSR count). The molecule has 0 spiro atoms. The summed E-state index contributed by atoms with van der Waals surface area (Å²) >= 11 is 0. The van der Waals surface area contributed by atoms with Gasteiger partial charge in [0, 0.05) is 0 Å². The quantitative estimate of drug-likeness (QED) is 0.215. The molecule has 0 aromatic carbocycles. The van der Waals surface area contributed by atoms with Gasteiger partial charge >= 0.3 is 5.97 Å². The van der Waals surface area contributed by atoms with E-state index >= 15 is 0 Å². The van der Waals surface area contributed by atoms with E-state index in [4.69, 9.17) is 0 Å². The molecule has 0 amide bonds. The smallest absolute Gasteiger partial charge is 0.311 e. The van der Waals surface area contributed by atoms with Crippen molar-refractivity contribution in [1.29, 1.82) is 0 Å². The molecule has 4 nitrogen and oxygen atoms in total. The fourth-order valence-corrected chi connectivity index (χ4v) is 3.72. The van der Waals surface area contributed by atoms with Crippen molar-refractivity contribution in [2.75, 3.05) is 26.2 Å². The van der Waals surface area contributed by atoms with E-state index < -0.39 is 5.97 Å². The molecule has 0 aromatic rings. The van der Waals surface area contributed by atoms with Crippen molar-refractivity contribution in [2.45, 2.75) is 91.6 Å². The number of carboxylic acid groups (broad SMARTS) is 1. The summed E-state index contributed by atoms with van der Waals surface area (Å²) in [6.45, 7) is 11.6. The van der Waals surface area contributed by atoms with Crippen molar-refractivity contribution in [2.24, 2.45) is 5.92 Å². The maximum Gasteiger partial charge on any atom is 0.311 e. The van der Waals surface area contributed by atoms with E-state index in [1.54, 1.807) is 0 Å². The third-order valence-electron chi connectivity index (χ3n) is 5.22. The molecule has 0 fully saturated rings. The number of carbonyl (C=O) groups is 1. The molecular formula is C22H44NO3+. The summed E-state index contributed by atoms with van der Waals surface area (Å²) in [6, 6.07) is 0. The standard InChI is InChI=1S/C22H43NO3/c1-5-8-11-12-15-21(24)19-23(16-13-9-6-2,17-14-10-7-3)18-20(4)22(25)26/h8,11,20-21,24H,5-7,9-10,12-19H2,1-4H3/p+1/b11-8+. The Morgan fingerprint density at radius 3 is 2.00 bits per heavy atom. The molecule has 0 bridgehead atoms. The second-order valence-electron chi connectivity index (χ2n) is 7.92. The van der Waals surface area contributed by atoms with Crippen LogP contribution in [0.4, 0.5) is 0 Å². The summed E-state index contributed by atoms with van der Waals surface area (Å²) in [5.74, 6) is -1.09. The fraction of sp³-hybridized carbons (Fsp3) is 0.864. The van der Waals surface area contributed by atoms with Crippen LogP contribution in [-0.4, -0.2) is 52.9 Å². The van der Waals surface area contributed by atoms with Crippen molar-refractivity contribution in [3.05, 3.63) is 12.2 Å². The molecular weight excluding hydrogens is 326 g/mol. The first-order valence-electron chi connectivity index (χ1n) is 10.8. The van der Waals surface area contributed by atoms with E-state index in [9.17, 15) is 15.0 Å². The summed E-state index contributed by atoms with van der Waals surface area (Å²) in [6.07, 6.45) is 13.5. The lowest BCUT2D eigenvalue weighted by Gasteiger charge is -2.41. The zero-order valence-electron chi connectivity index (χ0n) is 17.8. The molecule has 2 atom stereocenters. The van der Waals surface area contributed by atoms with Crippen molar-refractivity contribution < 1.29 is 19.5 Å². The molecule has 0 aliphatic rings. The highest BCUT2D eigenvalue weighted by molar-refractivity contribution is 5.69. The Kier molecular flexibility index (Phi) is 14.7. The van der Waals surface area contributed by atoms with E-state index in [0.29, 0.717) is 13.1 Å². The van der Waals surface area contributed by atoms with Gasteiger partial charge in [-0.2, -0.15) is 0 Å². The fourth-order valence-electron chi connectivity index (χ4n) is 3.72. The van der Waals surface area contributed by atoms with Gasteiger partial charge in [-0.25, -0.2) is 0 Å². The number of rotatable bonds is 17. The number of aliphatic hydroxyl groups excluding tert-OH is 1. The molecule has 0 radical (unpaired) electrons. The van der Waals surface area contributed by atoms with E-state index in [1.165, 1.54) is 12.8 Å². The number of nitrogens with zero attached hydrogens (tertiary/aromatic N) is 1. The predicted molar refractivity (Wildman–Crippen MR) is 110 cm³/mol. The van der Waals surface area contributed by atoms with Crippen LogP contribution >= 0.6 is 0 Å². The molecule has 26 heavy (non-hydrogen) atoms. The van der Waals surface area contributed by atoms with Gasteiger partial charge in [-0.05, 0) is 51.9 Å². The third kappa shape index (κ3) is 11.7. The number of aliphatic carboxylic acids is 1. The number of aliphatic hydroxyl groups is 1. The van der Waals surface area contributed by atoms with E-state index in [0.717, 1.165) is 62.5 Å². The summed E-state index contributed by atoms with van der Waals surface area (Å²) in [4.78, 5) is 11.5. The largest absolute Gasteiger partial charge is 0.481 e. The first-order valence-corrected chi connectivity index (χ1v) is 10.8. The number of hydrogen-bond acceptors (Lipinski definition) is 2. The van der Waals surface area contributed by atoms with Crippen molar-refractivity contribution in [1.82, 2.24) is 0 Å². The lowest BCUT2D eigenvalue weighted by atomic mass is 10.0. The monoisotopic (exact) mass is 370 g/mol. The van der Waals surface area contributed by atoms with Gasteiger partial charge < -0.3 is 14.7 Å². The number of allylic oxidation sites excluding steroid dienone is 2. The van der Waals surface area contributed by atoms with Gasteiger partial charge in [-0.1, -0.05) is 45.8 Å². The minimum Gasteiger partial charge on any atom is -0.481 e. The second-order valence-corrected chi connectivity index (χ2v) is 7.92. The average Bonchev–Trinajstić information content (AvgIpc) is 2.59. The highest BCUT2D eigenvalue weighted by atomic mass is 16.4. The van der Waals surface area contributed by atoms with Gasteiger partial charge in [0.05, 0.1) is 19.6 Å². The lowest BCUT2D eigenvalue weighted by molar-refractivity contribution is -0.933. The summed E-state index contributed by atoms with van der Waals surface area (Å²) in [5.41, 5.74) is 0. The Morgan fingerprint density at radius 1 is 0.962 bits per heavy atom. The average molecular weight is 371 g/mol. The molecule has 2 N–H and O–H groups in total. The highest BCUT2D eigenvalue weighted by Crippen LogP contribution is 2.20. The summed E-state index contributed by atoms with van der Waals surface area (Å²) < 4.78 is 0.756. The molecule has 0 saturated heterocycles. The molecule has 2 unspecified atom stereocenters. The van der Waals surface area contributed by atoms with Gasteiger partial charge in [0.25, 0.3) is 0 Å². The van der Waals surface area contributed by atoms with Crippen LogP contribution < -0.4 is 0 Å². The number of hydrogen-bond donors (Lipinski definition) is 2. The molecule has 0 aliphatic heterocycles.